The van der Waals surface area contributed by atoms with E-state index in [0.29, 0.717) is 0 Å². The lowest BCUT2D eigenvalue weighted by atomic mass is 9.99. The van der Waals surface area contributed by atoms with Crippen molar-refractivity contribution in [2.75, 3.05) is 18.7 Å². The molecular weight excluding hydrogens is 660 g/mol. The summed E-state index contributed by atoms with van der Waals surface area (Å²) in [5, 5.41) is 9.84. The van der Waals surface area contributed by atoms with Crippen molar-refractivity contribution in [2.45, 2.75) is 24.2 Å². The number of aromatic amines is 1. The number of halogens is 5. The predicted octanol–water partition coefficient (Wildman–Crippen LogP) is 4.33. The number of sulfone groups is 1. The van der Waals surface area contributed by atoms with Gasteiger partial charge in [-0.25, -0.2) is 17.6 Å². The zero-order valence-electron chi connectivity index (χ0n) is 24.2. The number of benzene rings is 3. The van der Waals surface area contributed by atoms with E-state index in [1.807, 2.05) is 0 Å². The molecule has 0 radical (unpaired) electrons. The number of carbonyl (C=O) groups is 1. The molecule has 0 saturated heterocycles. The van der Waals surface area contributed by atoms with E-state index < -0.39 is 45.5 Å². The van der Waals surface area contributed by atoms with Crippen molar-refractivity contribution in [2.24, 2.45) is 7.05 Å². The molecule has 18 heteroatoms. The molecule has 0 fully saturated rings. The van der Waals surface area contributed by atoms with Gasteiger partial charge in [-0.15, -0.1) is 22.6 Å². The molecule has 0 saturated carbocycles. The molecule has 12 nitrogen and oxygen atoms in total. The van der Waals surface area contributed by atoms with Gasteiger partial charge in [0.05, 0.1) is 28.6 Å². The summed E-state index contributed by atoms with van der Waals surface area (Å²) in [6.45, 7) is -0.890. The predicted molar refractivity (Wildman–Crippen MR) is 160 cm³/mol. The molecule has 244 valence electrons. The maximum absolute atomic E-state index is 15.4. The topological polar surface area (TPSA) is 150 Å². The minimum atomic E-state index is -4.87. The van der Waals surface area contributed by atoms with Gasteiger partial charge in [0.15, 0.2) is 33.0 Å². The summed E-state index contributed by atoms with van der Waals surface area (Å²) in [6, 6.07) is 8.94. The van der Waals surface area contributed by atoms with E-state index in [2.05, 4.69) is 20.5 Å². The highest BCUT2D eigenvalue weighted by atomic mass is 35.5. The second kappa shape index (κ2) is 12.8. The van der Waals surface area contributed by atoms with Crippen molar-refractivity contribution in [1.29, 1.82) is 0 Å². The van der Waals surface area contributed by atoms with Crippen LogP contribution < -0.4 is 20.5 Å². The number of fused-ring (bicyclic) bond motifs is 1. The Bertz CT molecular complexity index is 2080. The van der Waals surface area contributed by atoms with Gasteiger partial charge in [-0.1, -0.05) is 0 Å². The summed E-state index contributed by atoms with van der Waals surface area (Å²) >= 11 is 0. The van der Waals surface area contributed by atoms with Crippen molar-refractivity contribution < 1.29 is 40.2 Å². The average molecular weight is 685 g/mol. The summed E-state index contributed by atoms with van der Waals surface area (Å²) in [5.41, 5.74) is -2.22. The Morgan fingerprint density at radius 3 is 2.39 bits per heavy atom. The number of aromatic nitrogens is 5. The Morgan fingerprint density at radius 1 is 1.11 bits per heavy atom. The summed E-state index contributed by atoms with van der Waals surface area (Å²) in [5.74, 6) is -1.91. The van der Waals surface area contributed by atoms with Gasteiger partial charge in [-0.05, 0) is 54.1 Å². The first kappa shape index (κ1) is 34.0. The van der Waals surface area contributed by atoms with Crippen LogP contribution in [0.5, 0.6) is 11.5 Å². The van der Waals surface area contributed by atoms with Gasteiger partial charge in [0.25, 0.3) is 0 Å². The summed E-state index contributed by atoms with van der Waals surface area (Å²) < 4.78 is 93.7. The highest BCUT2D eigenvalue weighted by Gasteiger charge is 2.33. The van der Waals surface area contributed by atoms with Crippen molar-refractivity contribution in [1.82, 2.24) is 24.3 Å². The van der Waals surface area contributed by atoms with Crippen LogP contribution >= 0.6 is 12.4 Å². The molecule has 1 amide bonds. The number of amides is 1. The molecule has 2 aromatic heterocycles. The highest BCUT2D eigenvalue weighted by molar-refractivity contribution is 7.90. The third-order valence-electron chi connectivity index (χ3n) is 6.79. The monoisotopic (exact) mass is 684 g/mol. The number of rotatable bonds is 9. The van der Waals surface area contributed by atoms with Gasteiger partial charge < -0.3 is 19.8 Å². The number of hydrogen-bond acceptors (Lipinski definition) is 8. The number of anilines is 1. The van der Waals surface area contributed by atoms with Gasteiger partial charge in [0.1, 0.15) is 19.5 Å². The Hall–Kier alpha value is -4.90. The lowest BCUT2D eigenvalue weighted by Crippen LogP contribution is -2.28. The number of alkyl halides is 3. The molecule has 0 spiro atoms. The summed E-state index contributed by atoms with van der Waals surface area (Å²) in [6.07, 6.45) is -2.55. The number of H-pyrrole nitrogens is 1. The molecule has 0 aliphatic carbocycles. The molecule has 2 heterocycles. The molecule has 0 atom stereocenters. The first-order valence-corrected chi connectivity index (χ1v) is 14.8. The number of ether oxygens (including phenoxy) is 2. The summed E-state index contributed by atoms with van der Waals surface area (Å²) in [4.78, 5) is 28.9. The van der Waals surface area contributed by atoms with Crippen molar-refractivity contribution in [3.63, 3.8) is 0 Å². The van der Waals surface area contributed by atoms with Crippen molar-refractivity contribution in [3.8, 4) is 22.6 Å². The smallest absolute Gasteiger partial charge is 0.416 e. The van der Waals surface area contributed by atoms with E-state index in [-0.39, 0.29) is 69.1 Å². The minimum absolute atomic E-state index is 0. The fourth-order valence-corrected chi connectivity index (χ4v) is 5.31. The van der Waals surface area contributed by atoms with Crippen LogP contribution in [0, 0.1) is 5.82 Å². The molecule has 0 aliphatic heterocycles. The largest absolute Gasteiger partial charge is 0.493 e. The Balaban J connectivity index is 0.00000480. The van der Waals surface area contributed by atoms with Crippen LogP contribution in [0.15, 0.2) is 64.5 Å². The average Bonchev–Trinajstić information content (AvgIpc) is 3.58. The second-order valence-corrected chi connectivity index (χ2v) is 11.9. The SMILES string of the molecule is COc1cc(-c2cc(C(F)(F)F)cc3c2n(C)c(=O)n3CC(=O)Nc2ccc(S(C)(=O)=O)cc2)cc(F)c1OCc1nnc[nH]1.Cl. The lowest BCUT2D eigenvalue weighted by molar-refractivity contribution is -0.137. The maximum atomic E-state index is 15.4. The van der Waals surface area contributed by atoms with Crippen LogP contribution in [0.4, 0.5) is 23.2 Å². The zero-order valence-corrected chi connectivity index (χ0v) is 25.8. The van der Waals surface area contributed by atoms with E-state index in [1.54, 1.807) is 0 Å². The number of carbonyl (C=O) groups excluding carboxylic acids is 1. The molecule has 46 heavy (non-hydrogen) atoms. The van der Waals surface area contributed by atoms with Crippen LogP contribution in [0.2, 0.25) is 0 Å². The first-order chi connectivity index (χ1) is 21.2. The van der Waals surface area contributed by atoms with Gasteiger partial charge in [-0.2, -0.15) is 13.2 Å². The summed E-state index contributed by atoms with van der Waals surface area (Å²) in [7, 11) is -0.955. The highest BCUT2D eigenvalue weighted by Crippen LogP contribution is 2.41. The molecular formula is C28H25ClF4N6O6S. The number of nitrogens with zero attached hydrogens (tertiary/aromatic N) is 4. The molecule has 3 aromatic carbocycles. The first-order valence-electron chi connectivity index (χ1n) is 12.9. The Morgan fingerprint density at radius 2 is 1.80 bits per heavy atom. The normalized spacial score (nSPS) is 11.7. The molecule has 2 N–H and O–H groups in total. The second-order valence-electron chi connectivity index (χ2n) is 9.88. The molecule has 5 aromatic rings. The minimum Gasteiger partial charge on any atom is -0.493 e. The van der Waals surface area contributed by atoms with E-state index >= 15 is 4.39 Å². The fraction of sp³-hybridized carbons (Fsp3) is 0.214. The standard InChI is InChI=1S/C28H24F4N6O6S.ClH/c1-37-25-19(15-8-20(29)26(22(9-15)43-2)44-13-23-33-14-34-36-23)10-16(28(30,31)32)11-21(25)38(27(37)40)12-24(39)35-17-4-6-18(7-5-17)45(3,41)42;/h4-11,14H,12-13H2,1-3H3,(H,35,39)(H,33,34,36);1H. The Kier molecular flexibility index (Phi) is 9.49. The maximum Gasteiger partial charge on any atom is 0.416 e. The van der Waals surface area contributed by atoms with Crippen LogP contribution in [-0.4, -0.2) is 52.0 Å². The number of nitrogens with one attached hydrogen (secondary N) is 2. The van der Waals surface area contributed by atoms with E-state index in [9.17, 15) is 31.2 Å². The molecule has 5 rings (SSSR count). The van der Waals surface area contributed by atoms with E-state index in [0.717, 1.165) is 33.6 Å². The van der Waals surface area contributed by atoms with Crippen molar-refractivity contribution >= 4 is 44.9 Å². The van der Waals surface area contributed by atoms with Crippen LogP contribution in [0.25, 0.3) is 22.2 Å². The zero-order chi connectivity index (χ0) is 32.7. The van der Waals surface area contributed by atoms with Crippen LogP contribution in [-0.2, 0) is 41.0 Å². The van der Waals surface area contributed by atoms with Gasteiger partial charge >= 0.3 is 11.9 Å². The lowest BCUT2D eigenvalue weighted by Gasteiger charge is -2.15. The third kappa shape index (κ3) is 6.84. The van der Waals surface area contributed by atoms with Crippen LogP contribution in [0.3, 0.4) is 0 Å². The third-order valence-corrected chi connectivity index (χ3v) is 7.92. The van der Waals surface area contributed by atoms with Gasteiger partial charge in [0.2, 0.25) is 5.91 Å². The molecule has 0 aliphatic rings. The quantitative estimate of drug-likeness (QED) is 0.218. The van der Waals surface area contributed by atoms with Gasteiger partial charge in [0, 0.05) is 24.6 Å². The number of hydrogen-bond donors (Lipinski definition) is 2. The van der Waals surface area contributed by atoms with Crippen LogP contribution in [0.1, 0.15) is 11.4 Å². The Labute approximate surface area is 264 Å². The van der Waals surface area contributed by atoms with E-state index in [1.165, 1.54) is 50.8 Å². The fourth-order valence-electron chi connectivity index (χ4n) is 4.68. The molecule has 0 unspecified atom stereocenters. The molecule has 0 bridgehead atoms. The van der Waals surface area contributed by atoms with Crippen molar-refractivity contribution in [3.05, 3.63) is 82.5 Å². The van der Waals surface area contributed by atoms with Gasteiger partial charge in [-0.3, -0.25) is 13.9 Å². The number of imidazole rings is 1. The van der Waals surface area contributed by atoms with E-state index in [4.69, 9.17) is 9.47 Å². The number of aryl methyl sites for hydroxylation is 1. The number of methoxy groups -OCH3 is 1.